The van der Waals surface area contributed by atoms with Gasteiger partial charge in [0.1, 0.15) is 0 Å². The molecule has 1 amide bonds. The third-order valence-electron chi connectivity index (χ3n) is 1.57. The van der Waals surface area contributed by atoms with Gasteiger partial charge in [-0.05, 0) is 18.4 Å². The summed E-state index contributed by atoms with van der Waals surface area (Å²) < 4.78 is 0. The van der Waals surface area contributed by atoms with Crippen LogP contribution in [0.5, 0.6) is 0 Å². The number of para-hydroxylation sites is 1. The number of nitrogens with one attached hydrogen (secondary N) is 1. The van der Waals surface area contributed by atoms with Crippen LogP contribution in [0.2, 0.25) is 0 Å². The van der Waals surface area contributed by atoms with Gasteiger partial charge in [0.05, 0.1) is 12.2 Å². The minimum atomic E-state index is -0.165. The lowest BCUT2D eigenvalue weighted by molar-refractivity contribution is -0.114. The zero-order chi connectivity index (χ0) is 9.68. The van der Waals surface area contributed by atoms with E-state index in [0.717, 1.165) is 10.6 Å². The highest BCUT2D eigenvalue weighted by molar-refractivity contribution is 7.98. The highest BCUT2D eigenvalue weighted by atomic mass is 32.2. The van der Waals surface area contributed by atoms with Crippen LogP contribution in [0.4, 0.5) is 5.69 Å². The molecule has 0 spiro atoms. The first kappa shape index (κ1) is 10.1. The first-order valence-corrected chi connectivity index (χ1v) is 5.13. The Morgan fingerprint density at radius 3 is 2.85 bits per heavy atom. The second kappa shape index (κ2) is 4.89. The maximum absolute atomic E-state index is 11.0. The lowest BCUT2D eigenvalue weighted by Crippen LogP contribution is -2.22. The van der Waals surface area contributed by atoms with Gasteiger partial charge in [0.2, 0.25) is 5.91 Å². The molecule has 3 N–H and O–H groups in total. The van der Waals surface area contributed by atoms with Crippen LogP contribution < -0.4 is 11.1 Å². The Kier molecular flexibility index (Phi) is 3.79. The molecule has 3 nitrogen and oxygen atoms in total. The molecular formula is C9H12N2OS. The summed E-state index contributed by atoms with van der Waals surface area (Å²) in [5.74, 6) is -0.165. The van der Waals surface area contributed by atoms with Gasteiger partial charge in [0, 0.05) is 4.90 Å². The van der Waals surface area contributed by atoms with Crippen LogP contribution in [0.25, 0.3) is 0 Å². The molecule has 0 aliphatic rings. The molecule has 1 aromatic rings. The van der Waals surface area contributed by atoms with Crippen molar-refractivity contribution in [2.45, 2.75) is 4.90 Å². The molecule has 0 atom stereocenters. The van der Waals surface area contributed by atoms with Gasteiger partial charge in [0.15, 0.2) is 0 Å². The van der Waals surface area contributed by atoms with E-state index in [1.165, 1.54) is 0 Å². The van der Waals surface area contributed by atoms with Crippen molar-refractivity contribution in [3.8, 4) is 0 Å². The number of benzene rings is 1. The number of carbonyl (C=O) groups excluding carboxylic acids is 1. The molecule has 0 aliphatic heterocycles. The molecule has 0 saturated heterocycles. The zero-order valence-corrected chi connectivity index (χ0v) is 8.23. The summed E-state index contributed by atoms with van der Waals surface area (Å²) in [6.07, 6.45) is 1.97. The van der Waals surface area contributed by atoms with Crippen LogP contribution in [0.3, 0.4) is 0 Å². The van der Waals surface area contributed by atoms with E-state index >= 15 is 0 Å². The second-order valence-electron chi connectivity index (χ2n) is 2.45. The predicted molar refractivity (Wildman–Crippen MR) is 55.9 cm³/mol. The van der Waals surface area contributed by atoms with Crippen LogP contribution in [-0.4, -0.2) is 18.7 Å². The largest absolute Gasteiger partial charge is 0.324 e. The molecule has 0 fully saturated rings. The van der Waals surface area contributed by atoms with Crippen molar-refractivity contribution in [3.63, 3.8) is 0 Å². The highest BCUT2D eigenvalue weighted by Gasteiger charge is 2.02. The number of anilines is 1. The van der Waals surface area contributed by atoms with Crippen LogP contribution in [0, 0.1) is 0 Å². The predicted octanol–water partition coefficient (Wildman–Crippen LogP) is 1.31. The highest BCUT2D eigenvalue weighted by Crippen LogP contribution is 2.24. The summed E-state index contributed by atoms with van der Waals surface area (Å²) in [5, 5.41) is 2.73. The van der Waals surface area contributed by atoms with Crippen molar-refractivity contribution in [2.75, 3.05) is 18.1 Å². The molecule has 70 valence electrons. The number of nitrogens with two attached hydrogens (primary N) is 1. The summed E-state index contributed by atoms with van der Waals surface area (Å²) in [6, 6.07) is 7.63. The van der Waals surface area contributed by atoms with Crippen molar-refractivity contribution in [1.82, 2.24) is 0 Å². The molecule has 0 heterocycles. The van der Waals surface area contributed by atoms with Crippen LogP contribution in [-0.2, 0) is 4.79 Å². The fourth-order valence-electron chi connectivity index (χ4n) is 0.949. The maximum atomic E-state index is 11.0. The average molecular weight is 196 g/mol. The molecule has 0 aromatic heterocycles. The first-order valence-electron chi connectivity index (χ1n) is 3.91. The molecule has 4 heteroatoms. The Bertz CT molecular complexity index is 301. The van der Waals surface area contributed by atoms with E-state index in [0.29, 0.717) is 0 Å². The van der Waals surface area contributed by atoms with E-state index in [2.05, 4.69) is 5.32 Å². The normalized spacial score (nSPS) is 9.69. The van der Waals surface area contributed by atoms with Gasteiger partial charge >= 0.3 is 0 Å². The average Bonchev–Trinajstić information content (AvgIpc) is 2.18. The van der Waals surface area contributed by atoms with Crippen molar-refractivity contribution >= 4 is 23.4 Å². The lowest BCUT2D eigenvalue weighted by Gasteiger charge is -2.07. The van der Waals surface area contributed by atoms with E-state index < -0.39 is 0 Å². The lowest BCUT2D eigenvalue weighted by atomic mass is 10.3. The Morgan fingerprint density at radius 1 is 1.54 bits per heavy atom. The molecule has 1 aromatic carbocycles. The van der Waals surface area contributed by atoms with E-state index in [-0.39, 0.29) is 12.5 Å². The molecule has 0 saturated carbocycles. The quantitative estimate of drug-likeness (QED) is 0.717. The van der Waals surface area contributed by atoms with Gasteiger partial charge < -0.3 is 11.1 Å². The standard InChI is InChI=1S/C9H12N2OS/c1-13-8-5-3-2-4-7(8)11-9(12)6-10/h2-5H,6,10H2,1H3,(H,11,12). The number of hydrogen-bond acceptors (Lipinski definition) is 3. The molecule has 13 heavy (non-hydrogen) atoms. The van der Waals surface area contributed by atoms with Gasteiger partial charge in [0.25, 0.3) is 0 Å². The summed E-state index contributed by atoms with van der Waals surface area (Å²) in [5.41, 5.74) is 6.02. The summed E-state index contributed by atoms with van der Waals surface area (Å²) in [7, 11) is 0. The molecule has 0 bridgehead atoms. The number of hydrogen-bond donors (Lipinski definition) is 2. The van der Waals surface area contributed by atoms with Crippen LogP contribution >= 0.6 is 11.8 Å². The number of rotatable bonds is 3. The molecular weight excluding hydrogens is 184 g/mol. The number of carbonyl (C=O) groups is 1. The van der Waals surface area contributed by atoms with Gasteiger partial charge in [-0.2, -0.15) is 0 Å². The van der Waals surface area contributed by atoms with Crippen LogP contribution in [0.15, 0.2) is 29.2 Å². The minimum Gasteiger partial charge on any atom is -0.324 e. The first-order chi connectivity index (χ1) is 6.27. The maximum Gasteiger partial charge on any atom is 0.238 e. The SMILES string of the molecule is CSc1ccccc1NC(=O)CN. The Balaban J connectivity index is 2.81. The smallest absolute Gasteiger partial charge is 0.238 e. The minimum absolute atomic E-state index is 0.0166. The van der Waals surface area contributed by atoms with Gasteiger partial charge in [-0.15, -0.1) is 11.8 Å². The number of thioether (sulfide) groups is 1. The number of amides is 1. The van der Waals surface area contributed by atoms with Gasteiger partial charge in [-0.3, -0.25) is 4.79 Å². The third kappa shape index (κ3) is 2.75. The van der Waals surface area contributed by atoms with E-state index in [9.17, 15) is 4.79 Å². The van der Waals surface area contributed by atoms with Crippen LogP contribution in [0.1, 0.15) is 0 Å². The fourth-order valence-corrected chi connectivity index (χ4v) is 1.50. The van der Waals surface area contributed by atoms with E-state index in [1.54, 1.807) is 11.8 Å². The molecule has 1 rings (SSSR count). The van der Waals surface area contributed by atoms with E-state index in [1.807, 2.05) is 30.5 Å². The van der Waals surface area contributed by atoms with Gasteiger partial charge in [-0.25, -0.2) is 0 Å². The van der Waals surface area contributed by atoms with Crippen molar-refractivity contribution < 1.29 is 4.79 Å². The van der Waals surface area contributed by atoms with Crippen molar-refractivity contribution in [3.05, 3.63) is 24.3 Å². The topological polar surface area (TPSA) is 55.1 Å². The van der Waals surface area contributed by atoms with Gasteiger partial charge in [-0.1, -0.05) is 12.1 Å². The second-order valence-corrected chi connectivity index (χ2v) is 3.30. The molecule has 0 aliphatic carbocycles. The van der Waals surface area contributed by atoms with Crippen molar-refractivity contribution in [2.24, 2.45) is 5.73 Å². The molecule has 0 radical (unpaired) electrons. The Hall–Kier alpha value is -1.00. The molecule has 0 unspecified atom stereocenters. The zero-order valence-electron chi connectivity index (χ0n) is 7.41. The monoisotopic (exact) mass is 196 g/mol. The third-order valence-corrected chi connectivity index (χ3v) is 2.36. The summed E-state index contributed by atoms with van der Waals surface area (Å²) in [6.45, 7) is 0.0166. The summed E-state index contributed by atoms with van der Waals surface area (Å²) in [4.78, 5) is 12.0. The van der Waals surface area contributed by atoms with Crippen molar-refractivity contribution in [1.29, 1.82) is 0 Å². The Labute approximate surface area is 81.7 Å². The fraction of sp³-hybridized carbons (Fsp3) is 0.222. The summed E-state index contributed by atoms with van der Waals surface area (Å²) >= 11 is 1.59. The Morgan fingerprint density at radius 2 is 2.23 bits per heavy atom. The van der Waals surface area contributed by atoms with E-state index in [4.69, 9.17) is 5.73 Å².